The van der Waals surface area contributed by atoms with E-state index in [-0.39, 0.29) is 35.8 Å². The van der Waals surface area contributed by atoms with E-state index in [0.29, 0.717) is 5.56 Å². The summed E-state index contributed by atoms with van der Waals surface area (Å²) in [6.07, 6.45) is 0.630. The van der Waals surface area contributed by atoms with Crippen LogP contribution in [-0.2, 0) is 4.74 Å². The van der Waals surface area contributed by atoms with E-state index in [0.717, 1.165) is 12.2 Å². The molecule has 35 heavy (non-hydrogen) atoms. The van der Waals surface area contributed by atoms with Crippen molar-refractivity contribution in [2.45, 2.75) is 91.7 Å². The van der Waals surface area contributed by atoms with E-state index in [1.165, 1.54) is 22.8 Å². The average Bonchev–Trinajstić information content (AvgIpc) is 3.31. The molecule has 0 amide bonds. The molecule has 2 aromatic heterocycles. The Morgan fingerprint density at radius 2 is 1.26 bits per heavy atom. The zero-order chi connectivity index (χ0) is 25.5. The van der Waals surface area contributed by atoms with Crippen LogP contribution in [0.25, 0.3) is 0 Å². The molecule has 5 heteroatoms. The summed E-state index contributed by atoms with van der Waals surface area (Å²) in [5.74, 6) is 0.998. The first-order valence-corrected chi connectivity index (χ1v) is 12.6. The lowest BCUT2D eigenvalue weighted by Crippen LogP contribution is -2.54. The monoisotopic (exact) mass is 473 g/mol. The van der Waals surface area contributed by atoms with Gasteiger partial charge in [0.2, 0.25) is 0 Å². The van der Waals surface area contributed by atoms with Gasteiger partial charge in [0.25, 0.3) is 0 Å². The summed E-state index contributed by atoms with van der Waals surface area (Å²) in [6, 6.07) is 18.8. The van der Waals surface area contributed by atoms with Crippen molar-refractivity contribution in [2.24, 2.45) is 5.92 Å². The second-order valence-electron chi connectivity index (χ2n) is 11.1. The molecule has 1 saturated carbocycles. The molecule has 5 unspecified atom stereocenters. The van der Waals surface area contributed by atoms with Crippen LogP contribution in [0.2, 0.25) is 0 Å². The highest BCUT2D eigenvalue weighted by Crippen LogP contribution is 2.46. The SMILES string of the molecule is Cc1ccc(C)n1C1CC(n2c(C)ccc2C)C(Oc2ccc(C#N)cc2)C(OC(C)(C)C)C1C. The Morgan fingerprint density at radius 3 is 1.71 bits per heavy atom. The Bertz CT molecular complexity index is 1170. The molecule has 1 fully saturated rings. The van der Waals surface area contributed by atoms with Crippen LogP contribution in [0.4, 0.5) is 0 Å². The minimum absolute atomic E-state index is 0.0930. The van der Waals surface area contributed by atoms with Crippen molar-refractivity contribution in [1.29, 1.82) is 5.26 Å². The smallest absolute Gasteiger partial charge is 0.146 e. The van der Waals surface area contributed by atoms with Crippen LogP contribution in [0.15, 0.2) is 48.5 Å². The fourth-order valence-electron chi connectivity index (χ4n) is 5.83. The lowest BCUT2D eigenvalue weighted by Gasteiger charge is -2.49. The van der Waals surface area contributed by atoms with Crippen molar-refractivity contribution >= 4 is 0 Å². The maximum Gasteiger partial charge on any atom is 0.146 e. The number of aryl methyl sites for hydroxylation is 4. The normalized spacial score (nSPS) is 24.8. The summed E-state index contributed by atoms with van der Waals surface area (Å²) in [4.78, 5) is 0. The molecule has 0 N–H and O–H groups in total. The van der Waals surface area contributed by atoms with Gasteiger partial charge in [-0.15, -0.1) is 0 Å². The second kappa shape index (κ2) is 9.59. The van der Waals surface area contributed by atoms with Gasteiger partial charge in [-0.25, -0.2) is 0 Å². The van der Waals surface area contributed by atoms with Crippen molar-refractivity contribution in [3.63, 3.8) is 0 Å². The first kappa shape index (κ1) is 25.1. The second-order valence-corrected chi connectivity index (χ2v) is 11.1. The number of nitrogens with zero attached hydrogens (tertiary/aromatic N) is 3. The Morgan fingerprint density at radius 1 is 0.771 bits per heavy atom. The standard InChI is InChI=1S/C30H39N3O2/c1-19-9-10-20(2)32(19)26-17-27(33-21(3)11-12-22(33)4)29(28(23(26)5)35-30(6,7)8)34-25-15-13-24(18-31)14-16-25/h9-16,23,26-29H,17H2,1-8H3. The minimum atomic E-state index is -0.320. The van der Waals surface area contributed by atoms with Crippen LogP contribution in [-0.4, -0.2) is 26.9 Å². The molecule has 0 aliphatic heterocycles. The van der Waals surface area contributed by atoms with Gasteiger partial charge in [-0.2, -0.15) is 5.26 Å². The van der Waals surface area contributed by atoms with Crippen molar-refractivity contribution in [3.8, 4) is 11.8 Å². The summed E-state index contributed by atoms with van der Waals surface area (Å²) in [7, 11) is 0. The Balaban J connectivity index is 1.84. The number of benzene rings is 1. The fourth-order valence-corrected chi connectivity index (χ4v) is 5.83. The Labute approximate surface area is 210 Å². The van der Waals surface area contributed by atoms with Gasteiger partial charge in [0.05, 0.1) is 23.3 Å². The number of hydrogen-bond acceptors (Lipinski definition) is 3. The molecule has 1 aromatic carbocycles. The molecule has 0 spiro atoms. The molecule has 0 radical (unpaired) electrons. The predicted molar refractivity (Wildman–Crippen MR) is 140 cm³/mol. The van der Waals surface area contributed by atoms with Crippen LogP contribution in [0.5, 0.6) is 5.75 Å². The fraction of sp³-hybridized carbons (Fsp3) is 0.500. The van der Waals surface area contributed by atoms with Crippen molar-refractivity contribution in [3.05, 3.63) is 76.9 Å². The van der Waals surface area contributed by atoms with Gasteiger partial charge >= 0.3 is 0 Å². The number of nitriles is 1. The van der Waals surface area contributed by atoms with Crippen molar-refractivity contribution in [2.75, 3.05) is 0 Å². The van der Waals surface area contributed by atoms with Crippen LogP contribution in [0.3, 0.4) is 0 Å². The third kappa shape index (κ3) is 5.04. The van der Waals surface area contributed by atoms with E-state index in [4.69, 9.17) is 9.47 Å². The molecule has 3 aromatic rings. The Kier molecular flexibility index (Phi) is 6.88. The molecule has 1 aliphatic carbocycles. The molecule has 2 heterocycles. The largest absolute Gasteiger partial charge is 0.486 e. The lowest BCUT2D eigenvalue weighted by molar-refractivity contribution is -0.161. The average molecular weight is 474 g/mol. The van der Waals surface area contributed by atoms with Crippen molar-refractivity contribution < 1.29 is 9.47 Å². The van der Waals surface area contributed by atoms with Crippen molar-refractivity contribution in [1.82, 2.24) is 9.13 Å². The highest BCUT2D eigenvalue weighted by Gasteiger charge is 2.48. The molecular weight excluding hydrogens is 434 g/mol. The number of hydrogen-bond donors (Lipinski definition) is 0. The highest BCUT2D eigenvalue weighted by molar-refractivity contribution is 5.35. The molecule has 0 saturated heterocycles. The summed E-state index contributed by atoms with van der Waals surface area (Å²) in [5, 5.41) is 9.23. The van der Waals surface area contributed by atoms with E-state index in [9.17, 15) is 5.26 Å². The topological polar surface area (TPSA) is 52.1 Å². The van der Waals surface area contributed by atoms with E-state index >= 15 is 0 Å². The summed E-state index contributed by atoms with van der Waals surface area (Å²) < 4.78 is 18.5. The van der Waals surface area contributed by atoms with E-state index in [1.807, 2.05) is 24.3 Å². The highest BCUT2D eigenvalue weighted by atomic mass is 16.6. The zero-order valence-corrected chi connectivity index (χ0v) is 22.4. The number of ether oxygens (including phenoxy) is 2. The number of aromatic nitrogens is 2. The first-order valence-electron chi connectivity index (χ1n) is 12.6. The van der Waals surface area contributed by atoms with Gasteiger partial charge in [0, 0.05) is 34.7 Å². The van der Waals surface area contributed by atoms with Gasteiger partial charge in [0.1, 0.15) is 18.0 Å². The predicted octanol–water partition coefficient (Wildman–Crippen LogP) is 6.85. The number of rotatable bonds is 5. The summed E-state index contributed by atoms with van der Waals surface area (Å²) in [5.41, 5.74) is 5.32. The third-order valence-electron chi connectivity index (χ3n) is 7.37. The molecule has 1 aliphatic rings. The lowest BCUT2D eigenvalue weighted by atomic mass is 9.77. The van der Waals surface area contributed by atoms with E-state index < -0.39 is 0 Å². The van der Waals surface area contributed by atoms with Crippen LogP contribution in [0.1, 0.15) is 74.5 Å². The van der Waals surface area contributed by atoms with Gasteiger partial charge in [-0.1, -0.05) is 6.92 Å². The molecular formula is C30H39N3O2. The quantitative estimate of drug-likeness (QED) is 0.407. The first-order chi connectivity index (χ1) is 16.5. The maximum atomic E-state index is 9.23. The van der Waals surface area contributed by atoms with Gasteiger partial charge in [-0.05, 0) is 103 Å². The van der Waals surface area contributed by atoms with Crippen LogP contribution in [0, 0.1) is 44.9 Å². The Hall–Kier alpha value is -2.97. The van der Waals surface area contributed by atoms with Crippen LogP contribution >= 0.6 is 0 Å². The van der Waals surface area contributed by atoms with E-state index in [2.05, 4.69) is 94.9 Å². The van der Waals surface area contributed by atoms with Crippen LogP contribution < -0.4 is 4.74 Å². The molecule has 0 bridgehead atoms. The molecule has 5 atom stereocenters. The van der Waals surface area contributed by atoms with E-state index in [1.54, 1.807) is 0 Å². The molecule has 5 nitrogen and oxygen atoms in total. The zero-order valence-electron chi connectivity index (χ0n) is 22.4. The van der Waals surface area contributed by atoms with Gasteiger partial charge in [-0.3, -0.25) is 0 Å². The molecule has 4 rings (SSSR count). The van der Waals surface area contributed by atoms with Gasteiger partial charge < -0.3 is 18.6 Å². The van der Waals surface area contributed by atoms with Gasteiger partial charge in [0.15, 0.2) is 0 Å². The minimum Gasteiger partial charge on any atom is -0.486 e. The maximum absolute atomic E-state index is 9.23. The molecule has 186 valence electrons. The summed E-state index contributed by atoms with van der Waals surface area (Å²) in [6.45, 7) is 17.4. The summed E-state index contributed by atoms with van der Waals surface area (Å²) >= 11 is 0. The third-order valence-corrected chi connectivity index (χ3v) is 7.37.